The second kappa shape index (κ2) is 6.14. The Morgan fingerprint density at radius 1 is 1.48 bits per heavy atom. The van der Waals surface area contributed by atoms with E-state index in [0.29, 0.717) is 31.3 Å². The van der Waals surface area contributed by atoms with E-state index >= 15 is 0 Å². The summed E-state index contributed by atoms with van der Waals surface area (Å²) in [6.45, 7) is 0.334. The van der Waals surface area contributed by atoms with E-state index in [9.17, 15) is 23.1 Å². The Bertz CT molecular complexity index is 771. The molecule has 3 heterocycles. The Labute approximate surface area is 140 Å². The number of rotatable bonds is 3. The second-order valence-electron chi connectivity index (χ2n) is 6.25. The van der Waals surface area contributed by atoms with Crippen LogP contribution < -0.4 is 0 Å². The number of aliphatic hydroxyl groups is 1. The zero-order chi connectivity index (χ0) is 18.2. The number of aryl methyl sites for hydroxylation is 1. The van der Waals surface area contributed by atoms with Crippen LogP contribution in [0.2, 0.25) is 0 Å². The minimum atomic E-state index is -4.60. The smallest absolute Gasteiger partial charge is 0.388 e. The lowest BCUT2D eigenvalue weighted by atomic mass is 9.89. The predicted molar refractivity (Wildman–Crippen MR) is 78.4 cm³/mol. The zero-order valence-corrected chi connectivity index (χ0v) is 13.4. The number of aromatic nitrogens is 5. The van der Waals surface area contributed by atoms with Crippen molar-refractivity contribution >= 4 is 5.91 Å². The van der Waals surface area contributed by atoms with Crippen molar-refractivity contribution in [1.29, 1.82) is 0 Å². The Morgan fingerprint density at radius 3 is 2.84 bits per heavy atom. The number of alkyl halides is 3. The molecule has 1 unspecified atom stereocenters. The standard InChI is InChI=1S/C14H17F3N6O2/c1-22-8-18-21-11(22)6-13(25)3-2-4-23(7-13)12(24)9-5-10(20-19-9)14(15,16)17/h5,8,25H,2-4,6-7H2,1H3,(H,19,20). The quantitative estimate of drug-likeness (QED) is 0.844. The highest BCUT2D eigenvalue weighted by Gasteiger charge is 2.38. The van der Waals surface area contributed by atoms with Gasteiger partial charge in [0.25, 0.3) is 5.91 Å². The number of hydrogen-bond acceptors (Lipinski definition) is 5. The van der Waals surface area contributed by atoms with Crippen LogP contribution in [0.5, 0.6) is 0 Å². The normalized spacial score (nSPS) is 21.6. The lowest BCUT2D eigenvalue weighted by Gasteiger charge is -2.38. The monoisotopic (exact) mass is 358 g/mol. The van der Waals surface area contributed by atoms with Gasteiger partial charge in [-0.1, -0.05) is 0 Å². The third kappa shape index (κ3) is 3.65. The lowest BCUT2D eigenvalue weighted by molar-refractivity contribution is -0.141. The molecule has 2 N–H and O–H groups in total. The van der Waals surface area contributed by atoms with Crippen molar-refractivity contribution in [2.75, 3.05) is 13.1 Å². The van der Waals surface area contributed by atoms with E-state index in [1.807, 2.05) is 5.10 Å². The van der Waals surface area contributed by atoms with Crippen LogP contribution in [-0.2, 0) is 19.6 Å². The maximum Gasteiger partial charge on any atom is 0.432 e. The number of amides is 1. The summed E-state index contributed by atoms with van der Waals surface area (Å²) in [5.41, 5.74) is -2.62. The number of aromatic amines is 1. The fourth-order valence-electron chi connectivity index (χ4n) is 2.93. The molecule has 11 heteroatoms. The molecule has 1 aliphatic rings. The number of carbonyl (C=O) groups is 1. The van der Waals surface area contributed by atoms with Crippen molar-refractivity contribution in [2.45, 2.75) is 31.0 Å². The van der Waals surface area contributed by atoms with E-state index in [1.54, 1.807) is 11.6 Å². The molecule has 0 aliphatic carbocycles. The number of carbonyl (C=O) groups excluding carboxylic acids is 1. The lowest BCUT2D eigenvalue weighted by Crippen LogP contribution is -2.51. The van der Waals surface area contributed by atoms with Crippen molar-refractivity contribution in [3.05, 3.63) is 29.6 Å². The van der Waals surface area contributed by atoms with Crippen LogP contribution in [0.1, 0.15) is 34.8 Å². The van der Waals surface area contributed by atoms with Gasteiger partial charge in [-0.15, -0.1) is 10.2 Å². The summed E-state index contributed by atoms with van der Waals surface area (Å²) in [4.78, 5) is 13.7. The first-order chi connectivity index (χ1) is 11.7. The van der Waals surface area contributed by atoms with Crippen LogP contribution in [0, 0.1) is 0 Å². The van der Waals surface area contributed by atoms with Gasteiger partial charge >= 0.3 is 6.18 Å². The molecule has 3 rings (SSSR count). The average Bonchev–Trinajstić information content (AvgIpc) is 3.16. The van der Waals surface area contributed by atoms with Crippen LogP contribution in [0.4, 0.5) is 13.2 Å². The van der Waals surface area contributed by atoms with E-state index in [1.165, 1.54) is 11.2 Å². The highest BCUT2D eigenvalue weighted by molar-refractivity contribution is 5.92. The molecule has 0 bridgehead atoms. The minimum Gasteiger partial charge on any atom is -0.388 e. The summed E-state index contributed by atoms with van der Waals surface area (Å²) in [7, 11) is 1.74. The van der Waals surface area contributed by atoms with E-state index in [0.717, 1.165) is 0 Å². The summed E-state index contributed by atoms with van der Waals surface area (Å²) in [6.07, 6.45) is -1.91. The Kier molecular flexibility index (Phi) is 4.27. The molecule has 0 aromatic carbocycles. The topological polar surface area (TPSA) is 99.9 Å². The zero-order valence-electron chi connectivity index (χ0n) is 13.4. The van der Waals surface area contributed by atoms with Crippen LogP contribution in [0.15, 0.2) is 12.4 Å². The molecule has 1 fully saturated rings. The molecule has 25 heavy (non-hydrogen) atoms. The number of likely N-dealkylation sites (tertiary alicyclic amines) is 1. The number of β-amino-alcohol motifs (C(OH)–C–C–N with tert-alkyl or cyclic N) is 1. The van der Waals surface area contributed by atoms with Gasteiger partial charge in [-0.25, -0.2) is 0 Å². The summed E-state index contributed by atoms with van der Waals surface area (Å²) < 4.78 is 39.6. The van der Waals surface area contributed by atoms with Gasteiger partial charge in [-0.3, -0.25) is 9.89 Å². The van der Waals surface area contributed by atoms with Gasteiger partial charge in [0, 0.05) is 26.1 Å². The van der Waals surface area contributed by atoms with Crippen molar-refractivity contribution in [2.24, 2.45) is 7.05 Å². The predicted octanol–water partition coefficient (Wildman–Crippen LogP) is 0.767. The number of halogens is 3. The molecule has 0 saturated carbocycles. The molecule has 136 valence electrons. The van der Waals surface area contributed by atoms with Gasteiger partial charge in [0.05, 0.1) is 12.1 Å². The third-order valence-electron chi connectivity index (χ3n) is 4.24. The number of nitrogens with one attached hydrogen (secondary N) is 1. The summed E-state index contributed by atoms with van der Waals surface area (Å²) >= 11 is 0. The molecule has 2 aromatic heterocycles. The van der Waals surface area contributed by atoms with Crippen molar-refractivity contribution in [3.8, 4) is 0 Å². The molecule has 2 aromatic rings. The first-order valence-corrected chi connectivity index (χ1v) is 7.65. The minimum absolute atomic E-state index is 0.00704. The van der Waals surface area contributed by atoms with Crippen LogP contribution >= 0.6 is 0 Å². The van der Waals surface area contributed by atoms with Crippen molar-refractivity contribution < 1.29 is 23.1 Å². The van der Waals surface area contributed by atoms with Gasteiger partial charge in [0.2, 0.25) is 0 Å². The maximum absolute atomic E-state index is 12.6. The van der Waals surface area contributed by atoms with E-state index in [2.05, 4.69) is 15.3 Å². The number of piperidine rings is 1. The van der Waals surface area contributed by atoms with Gasteiger partial charge in [0.1, 0.15) is 17.8 Å². The molecule has 1 aliphatic heterocycles. The maximum atomic E-state index is 12.6. The van der Waals surface area contributed by atoms with Gasteiger partial charge in [-0.2, -0.15) is 18.3 Å². The fourth-order valence-corrected chi connectivity index (χ4v) is 2.93. The average molecular weight is 358 g/mol. The van der Waals surface area contributed by atoms with E-state index in [4.69, 9.17) is 0 Å². The number of hydrogen-bond donors (Lipinski definition) is 2. The Hall–Kier alpha value is -2.43. The molecular formula is C14H17F3N6O2. The van der Waals surface area contributed by atoms with E-state index < -0.39 is 23.4 Å². The van der Waals surface area contributed by atoms with Crippen LogP contribution in [0.25, 0.3) is 0 Å². The third-order valence-corrected chi connectivity index (χ3v) is 4.24. The first-order valence-electron chi connectivity index (χ1n) is 7.65. The van der Waals surface area contributed by atoms with Gasteiger partial charge in [-0.05, 0) is 12.8 Å². The molecule has 1 atom stereocenters. The molecule has 1 amide bonds. The Balaban J connectivity index is 1.73. The molecule has 8 nitrogen and oxygen atoms in total. The molecule has 0 spiro atoms. The summed E-state index contributed by atoms with van der Waals surface area (Å²) in [5, 5.41) is 23.7. The highest BCUT2D eigenvalue weighted by atomic mass is 19.4. The summed E-state index contributed by atoms with van der Waals surface area (Å²) in [6, 6.07) is 0.679. The fraction of sp³-hybridized carbons (Fsp3) is 0.571. The molecule has 1 saturated heterocycles. The van der Waals surface area contributed by atoms with Crippen molar-refractivity contribution in [3.63, 3.8) is 0 Å². The Morgan fingerprint density at radius 2 is 2.24 bits per heavy atom. The summed E-state index contributed by atoms with van der Waals surface area (Å²) in [5.74, 6) is -0.0845. The first kappa shape index (κ1) is 17.4. The number of H-pyrrole nitrogens is 1. The SMILES string of the molecule is Cn1cnnc1CC1(O)CCCN(C(=O)c2cc(C(F)(F)F)[nH]n2)C1. The van der Waals surface area contributed by atoms with E-state index in [-0.39, 0.29) is 18.7 Å². The van der Waals surface area contributed by atoms with Crippen LogP contribution in [-0.4, -0.2) is 59.6 Å². The molecule has 0 radical (unpaired) electrons. The van der Waals surface area contributed by atoms with Gasteiger partial charge in [0.15, 0.2) is 5.69 Å². The van der Waals surface area contributed by atoms with Crippen molar-refractivity contribution in [1.82, 2.24) is 29.9 Å². The number of nitrogens with zero attached hydrogens (tertiary/aromatic N) is 5. The highest BCUT2D eigenvalue weighted by Crippen LogP contribution is 2.29. The largest absolute Gasteiger partial charge is 0.432 e. The molecular weight excluding hydrogens is 341 g/mol. The van der Waals surface area contributed by atoms with Gasteiger partial charge < -0.3 is 14.6 Å². The van der Waals surface area contributed by atoms with Crippen LogP contribution in [0.3, 0.4) is 0 Å². The second-order valence-corrected chi connectivity index (χ2v) is 6.25.